The highest BCUT2D eigenvalue weighted by Crippen LogP contribution is 2.40. The Bertz CT molecular complexity index is 852. The number of ether oxygens (including phenoxy) is 3. The molecule has 1 fully saturated rings. The average Bonchev–Trinajstić information content (AvgIpc) is 3.18. The topological polar surface area (TPSA) is 48.0 Å². The molecule has 162 valence electrons. The van der Waals surface area contributed by atoms with Crippen LogP contribution < -0.4 is 14.2 Å². The summed E-state index contributed by atoms with van der Waals surface area (Å²) in [6.45, 7) is 3.98. The third-order valence-electron chi connectivity index (χ3n) is 6.16. The molecule has 0 bridgehead atoms. The number of carbonyl (C=O) groups excluding carboxylic acids is 1. The van der Waals surface area contributed by atoms with Gasteiger partial charge in [-0.25, -0.2) is 0 Å². The van der Waals surface area contributed by atoms with E-state index in [0.29, 0.717) is 30.1 Å². The molecule has 0 N–H and O–H groups in total. The number of aryl methyl sites for hydroxylation is 2. The fourth-order valence-corrected chi connectivity index (χ4v) is 4.29. The number of carbonyl (C=O) groups is 1. The first-order chi connectivity index (χ1) is 14.5. The summed E-state index contributed by atoms with van der Waals surface area (Å²) in [5.74, 6) is 2.03. The highest BCUT2D eigenvalue weighted by Gasteiger charge is 2.35. The Morgan fingerprint density at radius 3 is 2.37 bits per heavy atom. The van der Waals surface area contributed by atoms with E-state index in [1.807, 2.05) is 17.0 Å². The van der Waals surface area contributed by atoms with Crippen molar-refractivity contribution < 1.29 is 19.0 Å². The van der Waals surface area contributed by atoms with Crippen LogP contribution in [0.2, 0.25) is 0 Å². The van der Waals surface area contributed by atoms with Crippen LogP contribution in [0.15, 0.2) is 42.5 Å². The monoisotopic (exact) mass is 411 g/mol. The third-order valence-corrected chi connectivity index (χ3v) is 6.16. The number of likely N-dealkylation sites (tertiary alicyclic amines) is 1. The molecule has 1 aliphatic heterocycles. The summed E-state index contributed by atoms with van der Waals surface area (Å²) in [7, 11) is 4.81. The van der Waals surface area contributed by atoms with E-state index in [-0.39, 0.29) is 11.3 Å². The van der Waals surface area contributed by atoms with E-state index in [0.717, 1.165) is 37.9 Å². The molecule has 0 spiro atoms. The largest absolute Gasteiger partial charge is 0.493 e. The molecule has 30 heavy (non-hydrogen) atoms. The zero-order chi connectivity index (χ0) is 21.6. The molecule has 5 nitrogen and oxygen atoms in total. The molecule has 5 heteroatoms. The first-order valence-electron chi connectivity index (χ1n) is 10.6. The van der Waals surface area contributed by atoms with E-state index in [1.165, 1.54) is 5.56 Å². The lowest BCUT2D eigenvalue weighted by Crippen LogP contribution is -2.31. The Morgan fingerprint density at radius 1 is 0.967 bits per heavy atom. The minimum Gasteiger partial charge on any atom is -0.493 e. The highest BCUT2D eigenvalue weighted by atomic mass is 16.5. The van der Waals surface area contributed by atoms with Crippen LogP contribution in [0.4, 0.5) is 0 Å². The van der Waals surface area contributed by atoms with E-state index in [4.69, 9.17) is 14.2 Å². The van der Waals surface area contributed by atoms with Crippen LogP contribution in [0.25, 0.3) is 0 Å². The van der Waals surface area contributed by atoms with Crippen LogP contribution >= 0.6 is 0 Å². The van der Waals surface area contributed by atoms with Gasteiger partial charge in [0, 0.05) is 19.5 Å². The molecule has 2 aromatic rings. The number of hydrogen-bond donors (Lipinski definition) is 0. The van der Waals surface area contributed by atoms with Crippen LogP contribution in [-0.2, 0) is 17.6 Å². The van der Waals surface area contributed by atoms with Gasteiger partial charge >= 0.3 is 0 Å². The van der Waals surface area contributed by atoms with Gasteiger partial charge in [-0.05, 0) is 48.3 Å². The molecule has 1 atom stereocenters. The Labute approximate surface area is 179 Å². The Morgan fingerprint density at radius 2 is 1.70 bits per heavy atom. The van der Waals surface area contributed by atoms with Crippen molar-refractivity contribution in [1.82, 2.24) is 4.90 Å². The van der Waals surface area contributed by atoms with E-state index < -0.39 is 0 Å². The van der Waals surface area contributed by atoms with E-state index in [9.17, 15) is 4.79 Å². The number of methoxy groups -OCH3 is 3. The minimum atomic E-state index is 0.187. The van der Waals surface area contributed by atoms with Gasteiger partial charge in [0.15, 0.2) is 11.5 Å². The molecule has 1 amide bonds. The maximum absolute atomic E-state index is 12.9. The molecule has 1 aliphatic rings. The Hall–Kier alpha value is -2.69. The molecule has 3 rings (SSSR count). The lowest BCUT2D eigenvalue weighted by molar-refractivity contribution is -0.130. The molecule has 0 unspecified atom stereocenters. The summed E-state index contributed by atoms with van der Waals surface area (Å²) in [6.07, 6.45) is 4.29. The predicted molar refractivity (Wildman–Crippen MR) is 118 cm³/mol. The summed E-state index contributed by atoms with van der Waals surface area (Å²) in [6, 6.07) is 14.4. The lowest BCUT2D eigenvalue weighted by atomic mass is 9.83. The van der Waals surface area contributed by atoms with E-state index in [1.54, 1.807) is 21.3 Å². The van der Waals surface area contributed by atoms with Gasteiger partial charge in [0.05, 0.1) is 21.3 Å². The maximum atomic E-state index is 12.9. The van der Waals surface area contributed by atoms with Crippen molar-refractivity contribution in [2.45, 2.75) is 39.0 Å². The summed E-state index contributed by atoms with van der Waals surface area (Å²) >= 11 is 0. The van der Waals surface area contributed by atoms with Crippen LogP contribution in [-0.4, -0.2) is 45.2 Å². The minimum absolute atomic E-state index is 0.187. The van der Waals surface area contributed by atoms with Crippen molar-refractivity contribution in [1.29, 1.82) is 0 Å². The molecular weight excluding hydrogens is 378 g/mol. The predicted octanol–water partition coefficient (Wildman–Crippen LogP) is 4.52. The molecule has 1 heterocycles. The zero-order valence-electron chi connectivity index (χ0n) is 18.6. The molecule has 0 radical (unpaired) electrons. The van der Waals surface area contributed by atoms with Gasteiger partial charge in [0.2, 0.25) is 11.7 Å². The Balaban J connectivity index is 1.57. The van der Waals surface area contributed by atoms with Gasteiger partial charge in [-0.3, -0.25) is 4.79 Å². The van der Waals surface area contributed by atoms with Gasteiger partial charge in [0.1, 0.15) is 0 Å². The fourth-order valence-electron chi connectivity index (χ4n) is 4.29. The zero-order valence-corrected chi connectivity index (χ0v) is 18.6. The second kappa shape index (κ2) is 9.88. The van der Waals surface area contributed by atoms with Gasteiger partial charge in [0.25, 0.3) is 0 Å². The maximum Gasteiger partial charge on any atom is 0.222 e. The number of amides is 1. The van der Waals surface area contributed by atoms with Crippen molar-refractivity contribution in [2.24, 2.45) is 5.41 Å². The lowest BCUT2D eigenvalue weighted by Gasteiger charge is -2.25. The Kier molecular flexibility index (Phi) is 7.24. The number of nitrogens with zero attached hydrogens (tertiary/aromatic N) is 1. The second-order valence-corrected chi connectivity index (χ2v) is 8.35. The SMILES string of the molecule is COc1ccc(CCC(=O)N2CC[C@@](C)(CCc3ccccc3)C2)c(OC)c1OC. The normalized spacial score (nSPS) is 18.3. The third kappa shape index (κ3) is 5.07. The summed E-state index contributed by atoms with van der Waals surface area (Å²) in [5, 5.41) is 0. The van der Waals surface area contributed by atoms with Crippen LogP contribution in [0, 0.1) is 5.41 Å². The summed E-state index contributed by atoms with van der Waals surface area (Å²) in [4.78, 5) is 14.9. The van der Waals surface area contributed by atoms with Crippen LogP contribution in [0.5, 0.6) is 17.2 Å². The molecule has 0 aromatic heterocycles. The van der Waals surface area contributed by atoms with Gasteiger partial charge in [-0.15, -0.1) is 0 Å². The fraction of sp³-hybridized carbons (Fsp3) is 0.480. The highest BCUT2D eigenvalue weighted by molar-refractivity contribution is 5.77. The van der Waals surface area contributed by atoms with E-state index in [2.05, 4.69) is 37.3 Å². The smallest absolute Gasteiger partial charge is 0.222 e. The standard InChI is InChI=1S/C25H33NO4/c1-25(15-14-19-8-6-5-7-9-19)16-17-26(18-25)22(27)13-11-20-10-12-21(28-2)24(30-4)23(20)29-3/h5-10,12H,11,13-18H2,1-4H3/t25-/m1/s1. The van der Waals surface area contributed by atoms with Gasteiger partial charge < -0.3 is 19.1 Å². The number of rotatable bonds is 9. The van der Waals surface area contributed by atoms with Crippen molar-refractivity contribution in [3.05, 3.63) is 53.6 Å². The molecular formula is C25H33NO4. The molecule has 0 saturated carbocycles. The van der Waals surface area contributed by atoms with Gasteiger partial charge in [-0.1, -0.05) is 43.3 Å². The molecule has 1 saturated heterocycles. The first-order valence-corrected chi connectivity index (χ1v) is 10.6. The van der Waals surface area contributed by atoms with E-state index >= 15 is 0 Å². The average molecular weight is 412 g/mol. The van der Waals surface area contributed by atoms with Crippen molar-refractivity contribution >= 4 is 5.91 Å². The summed E-state index contributed by atoms with van der Waals surface area (Å²) in [5.41, 5.74) is 2.51. The quantitative estimate of drug-likeness (QED) is 0.609. The van der Waals surface area contributed by atoms with Crippen molar-refractivity contribution in [3.63, 3.8) is 0 Å². The second-order valence-electron chi connectivity index (χ2n) is 8.35. The summed E-state index contributed by atoms with van der Waals surface area (Å²) < 4.78 is 16.3. The van der Waals surface area contributed by atoms with Crippen molar-refractivity contribution in [2.75, 3.05) is 34.4 Å². The molecule has 0 aliphatic carbocycles. The number of benzene rings is 2. The molecule has 2 aromatic carbocycles. The van der Waals surface area contributed by atoms with Crippen molar-refractivity contribution in [3.8, 4) is 17.2 Å². The first kappa shape index (κ1) is 22.0. The van der Waals surface area contributed by atoms with Crippen LogP contribution in [0.1, 0.15) is 37.3 Å². The number of hydrogen-bond acceptors (Lipinski definition) is 4. The van der Waals surface area contributed by atoms with Gasteiger partial charge in [-0.2, -0.15) is 0 Å². The van der Waals surface area contributed by atoms with Crippen LogP contribution in [0.3, 0.4) is 0 Å².